The van der Waals surface area contributed by atoms with Crippen LogP contribution in [-0.4, -0.2) is 13.7 Å². The van der Waals surface area contributed by atoms with Crippen molar-refractivity contribution in [2.24, 2.45) is 5.41 Å². The lowest BCUT2D eigenvalue weighted by Gasteiger charge is -2.34. The Labute approximate surface area is 126 Å². The van der Waals surface area contributed by atoms with Gasteiger partial charge >= 0.3 is 0 Å². The summed E-state index contributed by atoms with van der Waals surface area (Å²) >= 11 is 12.7. The molecular formula is C15H23Cl2NO. The Balaban J connectivity index is 3.23. The van der Waals surface area contributed by atoms with Crippen molar-refractivity contribution in [3.05, 3.63) is 27.7 Å². The van der Waals surface area contributed by atoms with Crippen molar-refractivity contribution in [2.45, 2.75) is 40.2 Å². The molecule has 1 N–H and O–H groups in total. The summed E-state index contributed by atoms with van der Waals surface area (Å²) in [4.78, 5) is 0. The lowest BCUT2D eigenvalue weighted by molar-refractivity contribution is 0.245. The van der Waals surface area contributed by atoms with Crippen molar-refractivity contribution in [3.63, 3.8) is 0 Å². The second-order valence-electron chi connectivity index (χ2n) is 5.30. The molecule has 0 aliphatic rings. The zero-order chi connectivity index (χ0) is 14.6. The van der Waals surface area contributed by atoms with E-state index in [2.05, 4.69) is 26.1 Å². The Kier molecular flexibility index (Phi) is 5.97. The third-order valence-electron chi connectivity index (χ3n) is 3.64. The fraction of sp³-hybridized carbons (Fsp3) is 0.600. The normalized spacial score (nSPS) is 13.4. The highest BCUT2D eigenvalue weighted by Crippen LogP contribution is 2.42. The molecule has 4 heteroatoms. The lowest BCUT2D eigenvalue weighted by atomic mass is 9.78. The molecule has 0 radical (unpaired) electrons. The molecule has 0 bridgehead atoms. The summed E-state index contributed by atoms with van der Waals surface area (Å²) in [7, 11) is 1.95. The molecule has 1 aromatic rings. The molecule has 0 spiro atoms. The topological polar surface area (TPSA) is 21.3 Å². The maximum absolute atomic E-state index is 6.39. The molecule has 0 amide bonds. The zero-order valence-corrected chi connectivity index (χ0v) is 13.8. The first-order chi connectivity index (χ1) is 8.87. The first-order valence-electron chi connectivity index (χ1n) is 6.66. The SMILES string of the molecule is CCOc1cc(Cl)c(C(NC)C(C)(C)CC)cc1Cl. The number of ether oxygens (including phenoxy) is 1. The van der Waals surface area contributed by atoms with Gasteiger partial charge in [0.05, 0.1) is 11.6 Å². The largest absolute Gasteiger partial charge is 0.492 e. The summed E-state index contributed by atoms with van der Waals surface area (Å²) in [6, 6.07) is 3.87. The number of rotatable bonds is 6. The van der Waals surface area contributed by atoms with Crippen molar-refractivity contribution in [1.29, 1.82) is 0 Å². The molecule has 1 unspecified atom stereocenters. The molecule has 1 aromatic carbocycles. The number of benzene rings is 1. The minimum atomic E-state index is 0.0921. The molecule has 0 saturated heterocycles. The predicted octanol–water partition coefficient (Wildman–Crippen LogP) is 5.09. The monoisotopic (exact) mass is 303 g/mol. The van der Waals surface area contributed by atoms with Crippen molar-refractivity contribution in [3.8, 4) is 5.75 Å². The van der Waals surface area contributed by atoms with E-state index in [-0.39, 0.29) is 11.5 Å². The Morgan fingerprint density at radius 2 is 1.84 bits per heavy atom. The standard InChI is InChI=1S/C15H23Cl2NO/c1-6-15(3,4)14(18-5)10-8-12(17)13(19-7-2)9-11(10)16/h8-9,14,18H,6-7H2,1-5H3. The summed E-state index contributed by atoms with van der Waals surface area (Å²) < 4.78 is 5.46. The van der Waals surface area contributed by atoms with Crippen molar-refractivity contribution in [1.82, 2.24) is 5.32 Å². The van der Waals surface area contributed by atoms with Gasteiger partial charge in [0.25, 0.3) is 0 Å². The molecule has 0 aliphatic carbocycles. The van der Waals surface area contributed by atoms with E-state index in [0.717, 1.165) is 12.0 Å². The van der Waals surface area contributed by atoms with Crippen LogP contribution in [0.15, 0.2) is 12.1 Å². The van der Waals surface area contributed by atoms with Gasteiger partial charge in [-0.05, 0) is 37.4 Å². The van der Waals surface area contributed by atoms with Crippen LogP contribution in [0.3, 0.4) is 0 Å². The Morgan fingerprint density at radius 3 is 2.32 bits per heavy atom. The van der Waals surface area contributed by atoms with Crippen LogP contribution in [0.4, 0.5) is 0 Å². The maximum Gasteiger partial charge on any atom is 0.139 e. The van der Waals surface area contributed by atoms with Gasteiger partial charge in [-0.1, -0.05) is 44.0 Å². The smallest absolute Gasteiger partial charge is 0.139 e. The first-order valence-corrected chi connectivity index (χ1v) is 7.42. The van der Waals surface area contributed by atoms with Crippen LogP contribution in [0.1, 0.15) is 45.7 Å². The van der Waals surface area contributed by atoms with Crippen LogP contribution >= 0.6 is 23.2 Å². The molecule has 108 valence electrons. The fourth-order valence-electron chi connectivity index (χ4n) is 2.20. The van der Waals surface area contributed by atoms with Crippen molar-refractivity contribution >= 4 is 23.2 Å². The number of nitrogens with one attached hydrogen (secondary N) is 1. The van der Waals surface area contributed by atoms with E-state index in [1.165, 1.54) is 0 Å². The van der Waals surface area contributed by atoms with Crippen LogP contribution in [0.2, 0.25) is 10.0 Å². The van der Waals surface area contributed by atoms with E-state index in [1.54, 1.807) is 6.07 Å². The average Bonchev–Trinajstić information content (AvgIpc) is 2.36. The molecular weight excluding hydrogens is 281 g/mol. The van der Waals surface area contributed by atoms with Crippen LogP contribution in [0.5, 0.6) is 5.75 Å². The van der Waals surface area contributed by atoms with Crippen molar-refractivity contribution in [2.75, 3.05) is 13.7 Å². The number of hydrogen-bond acceptors (Lipinski definition) is 2. The van der Waals surface area contributed by atoms with E-state index >= 15 is 0 Å². The average molecular weight is 304 g/mol. The minimum Gasteiger partial charge on any atom is -0.492 e. The summed E-state index contributed by atoms with van der Waals surface area (Å²) in [5.41, 5.74) is 1.11. The molecule has 1 rings (SSSR count). The van der Waals surface area contributed by atoms with E-state index in [0.29, 0.717) is 22.4 Å². The number of halogens is 2. The van der Waals surface area contributed by atoms with Crippen LogP contribution in [-0.2, 0) is 0 Å². The maximum atomic E-state index is 6.39. The molecule has 1 atom stereocenters. The van der Waals surface area contributed by atoms with Gasteiger partial charge in [-0.25, -0.2) is 0 Å². The molecule has 19 heavy (non-hydrogen) atoms. The fourth-order valence-corrected chi connectivity index (χ4v) is 2.69. The minimum absolute atomic E-state index is 0.0921. The highest BCUT2D eigenvalue weighted by Gasteiger charge is 2.30. The lowest BCUT2D eigenvalue weighted by Crippen LogP contribution is -2.31. The summed E-state index contributed by atoms with van der Waals surface area (Å²) in [6.45, 7) is 9.11. The highest BCUT2D eigenvalue weighted by atomic mass is 35.5. The van der Waals surface area contributed by atoms with Gasteiger partial charge in [0.1, 0.15) is 5.75 Å². The van der Waals surface area contributed by atoms with E-state index < -0.39 is 0 Å². The van der Waals surface area contributed by atoms with Gasteiger partial charge in [-0.15, -0.1) is 0 Å². The molecule has 0 aliphatic heterocycles. The highest BCUT2D eigenvalue weighted by molar-refractivity contribution is 6.34. The summed E-state index contributed by atoms with van der Waals surface area (Å²) in [6.07, 6.45) is 1.04. The molecule has 0 aromatic heterocycles. The Hall–Kier alpha value is -0.440. The van der Waals surface area contributed by atoms with Gasteiger partial charge < -0.3 is 10.1 Å². The second-order valence-corrected chi connectivity index (χ2v) is 6.12. The van der Waals surface area contributed by atoms with Gasteiger partial charge in [0.15, 0.2) is 0 Å². The summed E-state index contributed by atoms with van der Waals surface area (Å²) in [5, 5.41) is 4.64. The van der Waals surface area contributed by atoms with E-state index in [1.807, 2.05) is 20.0 Å². The third kappa shape index (κ3) is 3.77. The van der Waals surface area contributed by atoms with Gasteiger partial charge in [0, 0.05) is 17.1 Å². The van der Waals surface area contributed by atoms with Crippen LogP contribution < -0.4 is 10.1 Å². The summed E-state index contributed by atoms with van der Waals surface area (Å²) in [5.74, 6) is 0.641. The van der Waals surface area contributed by atoms with Gasteiger partial charge in [-0.2, -0.15) is 0 Å². The van der Waals surface area contributed by atoms with Crippen molar-refractivity contribution < 1.29 is 4.74 Å². The van der Waals surface area contributed by atoms with E-state index in [4.69, 9.17) is 27.9 Å². The molecule has 2 nitrogen and oxygen atoms in total. The molecule has 0 saturated carbocycles. The Bertz CT molecular complexity index is 432. The van der Waals surface area contributed by atoms with E-state index in [9.17, 15) is 0 Å². The Morgan fingerprint density at radius 1 is 1.21 bits per heavy atom. The zero-order valence-electron chi connectivity index (χ0n) is 12.3. The first kappa shape index (κ1) is 16.6. The van der Waals surface area contributed by atoms with Gasteiger partial charge in [0.2, 0.25) is 0 Å². The third-order valence-corrected chi connectivity index (χ3v) is 4.27. The van der Waals surface area contributed by atoms with Gasteiger partial charge in [-0.3, -0.25) is 0 Å². The van der Waals surface area contributed by atoms with Crippen LogP contribution in [0.25, 0.3) is 0 Å². The second kappa shape index (κ2) is 6.83. The predicted molar refractivity (Wildman–Crippen MR) is 83.5 cm³/mol. The number of hydrogen-bond donors (Lipinski definition) is 1. The van der Waals surface area contributed by atoms with Crippen LogP contribution in [0, 0.1) is 5.41 Å². The quantitative estimate of drug-likeness (QED) is 0.790. The molecule has 0 heterocycles. The molecule has 0 fully saturated rings.